The Labute approximate surface area is 301 Å². The third-order valence-electron chi connectivity index (χ3n) is 10.4. The summed E-state index contributed by atoms with van der Waals surface area (Å²) in [5, 5.41) is 3.64. The summed E-state index contributed by atoms with van der Waals surface area (Å²) in [7, 11) is 0. The summed E-state index contributed by atoms with van der Waals surface area (Å²) < 4.78 is 17.0. The molecule has 4 unspecified atom stereocenters. The van der Waals surface area contributed by atoms with Gasteiger partial charge in [0.15, 0.2) is 18.1 Å². The van der Waals surface area contributed by atoms with Crippen LogP contribution in [-0.4, -0.2) is 53.7 Å². The number of carbonyl (C=O) groups is 4. The molecule has 2 aliphatic heterocycles. The second kappa shape index (κ2) is 13.3. The molecule has 3 fully saturated rings. The lowest BCUT2D eigenvalue weighted by atomic mass is 9.68. The number of amides is 3. The highest BCUT2D eigenvalue weighted by molar-refractivity contribution is 8.00. The number of imide groups is 1. The molecule has 262 valence electrons. The van der Waals surface area contributed by atoms with Crippen molar-refractivity contribution in [2.45, 2.75) is 36.5 Å². The van der Waals surface area contributed by atoms with E-state index in [1.807, 2.05) is 37.3 Å². The number of anilines is 2. The average Bonchev–Trinajstić information content (AvgIpc) is 3.87. The number of benzene rings is 3. The highest BCUT2D eigenvalue weighted by Crippen LogP contribution is 2.68. The Bertz CT molecular complexity index is 2080. The van der Waals surface area contributed by atoms with Gasteiger partial charge in [-0.05, 0) is 92.1 Å². The van der Waals surface area contributed by atoms with Crippen LogP contribution in [0.2, 0.25) is 0 Å². The number of rotatable bonds is 10. The molecule has 0 radical (unpaired) electrons. The number of hydrogen-bond donors (Lipinski definition) is 2. The maximum absolute atomic E-state index is 14.0. The summed E-state index contributed by atoms with van der Waals surface area (Å²) in [5.74, 6) is -1.21. The minimum absolute atomic E-state index is 0.00746. The second-order valence-electron chi connectivity index (χ2n) is 13.1. The van der Waals surface area contributed by atoms with E-state index in [-0.39, 0.29) is 64.7 Å². The van der Waals surface area contributed by atoms with Crippen molar-refractivity contribution in [3.05, 3.63) is 98.5 Å². The van der Waals surface area contributed by atoms with Crippen LogP contribution in [-0.2, 0) is 19.1 Å². The number of para-hydroxylation sites is 1. The molecule has 2 bridgehead atoms. The van der Waals surface area contributed by atoms with Gasteiger partial charge in [0, 0.05) is 21.7 Å². The lowest BCUT2D eigenvalue weighted by molar-refractivity contribution is -0.123. The van der Waals surface area contributed by atoms with E-state index in [1.54, 1.807) is 61.2 Å². The van der Waals surface area contributed by atoms with Gasteiger partial charge < -0.3 is 24.5 Å². The van der Waals surface area contributed by atoms with Crippen molar-refractivity contribution in [3.8, 4) is 11.5 Å². The van der Waals surface area contributed by atoms with Gasteiger partial charge in [-0.2, -0.15) is 0 Å². The molecule has 8 rings (SSSR count). The zero-order valence-electron chi connectivity index (χ0n) is 27.8. The predicted octanol–water partition coefficient (Wildman–Crippen LogP) is 5.71. The summed E-state index contributed by atoms with van der Waals surface area (Å²) in [4.78, 5) is 70.6. The molecular formula is C38H35N3O8S2. The fourth-order valence-electron chi connectivity index (χ4n) is 8.57. The first-order chi connectivity index (χ1) is 24.8. The fourth-order valence-corrected chi connectivity index (χ4v) is 11.5. The van der Waals surface area contributed by atoms with Crippen LogP contribution in [0.25, 0.3) is 0 Å². The zero-order chi connectivity index (χ0) is 35.4. The molecule has 3 amide bonds. The number of esters is 1. The van der Waals surface area contributed by atoms with Crippen LogP contribution < -0.4 is 24.6 Å². The minimum Gasteiger partial charge on any atom is -0.490 e. The highest BCUT2D eigenvalue weighted by Gasteiger charge is 2.69. The van der Waals surface area contributed by atoms with Crippen LogP contribution in [0.3, 0.4) is 0 Å². The first-order valence-corrected chi connectivity index (χ1v) is 18.8. The van der Waals surface area contributed by atoms with Gasteiger partial charge in [-0.15, -0.1) is 11.8 Å². The second-order valence-corrected chi connectivity index (χ2v) is 15.3. The van der Waals surface area contributed by atoms with Crippen molar-refractivity contribution in [2.24, 2.45) is 29.6 Å². The molecule has 3 heterocycles. The van der Waals surface area contributed by atoms with Gasteiger partial charge >= 0.3 is 10.8 Å². The molecule has 2 N–H and O–H groups in total. The Balaban J connectivity index is 1.05. The van der Waals surface area contributed by atoms with Gasteiger partial charge in [-0.25, -0.2) is 4.79 Å². The Kier molecular flexibility index (Phi) is 8.71. The summed E-state index contributed by atoms with van der Waals surface area (Å²) in [5.41, 5.74) is 2.42. The van der Waals surface area contributed by atoms with Crippen molar-refractivity contribution >= 4 is 58.2 Å². The number of nitrogens with zero attached hydrogens (tertiary/aromatic N) is 1. The SMILES string of the molecule is CCOC(=O)c1ccc(NC(=O)COc2ccc([C@H]3c4sc(=O)[nH]c4SC4C3[C@H]3C[C@@H]4C4C(=O)N(c5ccccc5)C(=O)C43)cc2OCC)cc1. The van der Waals surface area contributed by atoms with Crippen LogP contribution in [0.4, 0.5) is 11.4 Å². The predicted molar refractivity (Wildman–Crippen MR) is 192 cm³/mol. The molecule has 3 aromatic carbocycles. The van der Waals surface area contributed by atoms with E-state index in [0.717, 1.165) is 21.9 Å². The Morgan fingerprint density at radius 1 is 0.882 bits per heavy atom. The smallest absolute Gasteiger partial charge is 0.338 e. The number of thiazole rings is 1. The van der Waals surface area contributed by atoms with Crippen LogP contribution >= 0.6 is 23.1 Å². The number of fused-ring (bicyclic) bond motifs is 9. The summed E-state index contributed by atoms with van der Waals surface area (Å²) >= 11 is 2.83. The van der Waals surface area contributed by atoms with Gasteiger partial charge in [0.25, 0.3) is 5.91 Å². The lowest BCUT2D eigenvalue weighted by Crippen LogP contribution is -2.42. The molecule has 2 saturated carbocycles. The number of H-pyrrole nitrogens is 1. The molecule has 4 aromatic rings. The first-order valence-electron chi connectivity index (χ1n) is 17.1. The molecule has 11 nitrogen and oxygen atoms in total. The number of carbonyl (C=O) groups excluding carboxylic acids is 4. The Hall–Kier alpha value is -4.88. The van der Waals surface area contributed by atoms with Gasteiger partial charge in [0.05, 0.1) is 41.3 Å². The van der Waals surface area contributed by atoms with Crippen molar-refractivity contribution in [1.82, 2.24) is 4.98 Å². The largest absolute Gasteiger partial charge is 0.490 e. The van der Waals surface area contributed by atoms with Crippen LogP contribution in [0.15, 0.2) is 82.6 Å². The number of aromatic nitrogens is 1. The number of thioether (sulfide) groups is 1. The monoisotopic (exact) mass is 725 g/mol. The topological polar surface area (TPSA) is 144 Å². The van der Waals surface area contributed by atoms with E-state index in [2.05, 4.69) is 10.3 Å². The van der Waals surface area contributed by atoms with E-state index >= 15 is 0 Å². The van der Waals surface area contributed by atoms with E-state index in [9.17, 15) is 24.0 Å². The normalized spacial score (nSPS) is 25.6. The quantitative estimate of drug-likeness (QED) is 0.155. The van der Waals surface area contributed by atoms with E-state index in [4.69, 9.17) is 14.2 Å². The summed E-state index contributed by atoms with van der Waals surface area (Å²) in [6.07, 6.45) is 0.785. The van der Waals surface area contributed by atoms with Gasteiger partial charge in [-0.1, -0.05) is 35.6 Å². The highest BCUT2D eigenvalue weighted by atomic mass is 32.2. The van der Waals surface area contributed by atoms with Gasteiger partial charge in [0.1, 0.15) is 0 Å². The van der Waals surface area contributed by atoms with E-state index < -0.39 is 17.8 Å². The number of nitrogens with one attached hydrogen (secondary N) is 2. The minimum atomic E-state index is -0.434. The van der Waals surface area contributed by atoms with Gasteiger partial charge in [-0.3, -0.25) is 24.1 Å². The van der Waals surface area contributed by atoms with Gasteiger partial charge in [0.2, 0.25) is 11.8 Å². The number of aromatic amines is 1. The zero-order valence-corrected chi connectivity index (χ0v) is 29.5. The van der Waals surface area contributed by atoms with Crippen molar-refractivity contribution in [3.63, 3.8) is 0 Å². The summed E-state index contributed by atoms with van der Waals surface area (Å²) in [6, 6.07) is 21.2. The molecule has 1 aromatic heterocycles. The van der Waals surface area contributed by atoms with Crippen molar-refractivity contribution < 1.29 is 33.4 Å². The molecule has 13 heteroatoms. The molecule has 1 saturated heterocycles. The van der Waals surface area contributed by atoms with E-state index in [1.165, 1.54) is 16.2 Å². The number of hydrogen-bond acceptors (Lipinski definition) is 10. The van der Waals surface area contributed by atoms with Crippen LogP contribution in [0, 0.1) is 29.6 Å². The Morgan fingerprint density at radius 3 is 2.35 bits per heavy atom. The Morgan fingerprint density at radius 2 is 1.63 bits per heavy atom. The van der Waals surface area contributed by atoms with E-state index in [0.29, 0.717) is 35.0 Å². The molecule has 51 heavy (non-hydrogen) atoms. The van der Waals surface area contributed by atoms with Crippen molar-refractivity contribution in [2.75, 3.05) is 30.0 Å². The third-order valence-corrected chi connectivity index (χ3v) is 13.0. The molecule has 2 aliphatic carbocycles. The summed E-state index contributed by atoms with van der Waals surface area (Å²) in [6.45, 7) is 3.94. The standard InChI is InChI=1S/C38H35N3O8S2/c1-3-47-26-16-20(12-15-25(26)49-18-27(42)39-21-13-10-19(11-14-21)37(45)48-4-2)28-29-23-17-24(32(29)50-34-33(28)51-38(46)40-34)31-30(23)35(43)41(36(31)44)22-8-6-5-7-9-22/h5-16,23-24,28-32H,3-4,17-18H2,1-2H3,(H,39,42)(H,40,46)/t23-,24-,28-,29?,30?,31?,32?/m1/s1. The third kappa shape index (κ3) is 5.72. The lowest BCUT2D eigenvalue weighted by Gasteiger charge is -2.43. The molecular weight excluding hydrogens is 691 g/mol. The van der Waals surface area contributed by atoms with Crippen LogP contribution in [0.1, 0.15) is 47.0 Å². The van der Waals surface area contributed by atoms with Crippen LogP contribution in [0.5, 0.6) is 11.5 Å². The number of ether oxygens (including phenoxy) is 3. The molecule has 7 atom stereocenters. The average molecular weight is 726 g/mol. The fraction of sp³-hybridized carbons (Fsp3) is 0.342. The maximum Gasteiger partial charge on any atom is 0.338 e. The molecule has 4 aliphatic rings. The molecule has 0 spiro atoms. The van der Waals surface area contributed by atoms with Crippen molar-refractivity contribution in [1.29, 1.82) is 0 Å². The first kappa shape index (κ1) is 33.3. The maximum atomic E-state index is 14.0.